The van der Waals surface area contributed by atoms with Gasteiger partial charge >= 0.3 is 0 Å². The first kappa shape index (κ1) is 18.5. The minimum absolute atomic E-state index is 0.171. The molecule has 0 radical (unpaired) electrons. The van der Waals surface area contributed by atoms with Gasteiger partial charge in [0.2, 0.25) is 11.7 Å². The molecule has 0 aliphatic rings. The van der Waals surface area contributed by atoms with E-state index in [4.69, 9.17) is 0 Å². The fourth-order valence-electron chi connectivity index (χ4n) is 1.99. The Balaban J connectivity index is 2.53. The molecule has 0 heterocycles. The monoisotopic (exact) mass is 318 g/mol. The van der Waals surface area contributed by atoms with Gasteiger partial charge in [-0.1, -0.05) is 43.7 Å². The van der Waals surface area contributed by atoms with Gasteiger partial charge in [0.15, 0.2) is 5.78 Å². The summed E-state index contributed by atoms with van der Waals surface area (Å²) < 4.78 is 0. The third kappa shape index (κ3) is 6.42. The lowest BCUT2D eigenvalue weighted by atomic mass is 10.0. The van der Waals surface area contributed by atoms with Crippen LogP contribution < -0.4 is 10.6 Å². The van der Waals surface area contributed by atoms with E-state index in [1.807, 2.05) is 13.0 Å². The molecule has 1 aromatic rings. The molecule has 0 fully saturated rings. The lowest BCUT2D eigenvalue weighted by Gasteiger charge is -2.16. The first-order valence-electron chi connectivity index (χ1n) is 7.61. The van der Waals surface area contributed by atoms with Crippen LogP contribution in [0.5, 0.6) is 0 Å². The Morgan fingerprint density at radius 3 is 2.30 bits per heavy atom. The van der Waals surface area contributed by atoms with Crippen LogP contribution in [0.1, 0.15) is 44.7 Å². The molecule has 1 atom stereocenters. The van der Waals surface area contributed by atoms with Crippen LogP contribution in [-0.2, 0) is 19.2 Å². The van der Waals surface area contributed by atoms with Crippen LogP contribution in [0.25, 0.3) is 0 Å². The highest BCUT2D eigenvalue weighted by atomic mass is 16.2. The van der Waals surface area contributed by atoms with Crippen molar-refractivity contribution in [3.05, 3.63) is 35.9 Å². The summed E-state index contributed by atoms with van der Waals surface area (Å²) in [4.78, 5) is 46.6. The summed E-state index contributed by atoms with van der Waals surface area (Å²) in [5.41, 5.74) is 0.665. The normalized spacial score (nSPS) is 11.4. The molecule has 6 nitrogen and oxygen atoms in total. The molecule has 0 aliphatic carbocycles. The number of carbonyl (C=O) groups excluding carboxylic acids is 4. The van der Waals surface area contributed by atoms with Crippen molar-refractivity contribution in [2.45, 2.75) is 39.2 Å². The Labute approximate surface area is 135 Å². The topological polar surface area (TPSA) is 92.3 Å². The molecule has 124 valence electrons. The van der Waals surface area contributed by atoms with E-state index in [0.29, 0.717) is 12.0 Å². The first-order chi connectivity index (χ1) is 11.0. The summed E-state index contributed by atoms with van der Waals surface area (Å²) in [5.74, 6) is -2.04. The largest absolute Gasteiger partial charge is 0.341 e. The van der Waals surface area contributed by atoms with Crippen molar-refractivity contribution in [2.24, 2.45) is 0 Å². The first-order valence-corrected chi connectivity index (χ1v) is 7.61. The highest BCUT2D eigenvalue weighted by Gasteiger charge is 2.20. The lowest BCUT2D eigenvalue weighted by molar-refractivity contribution is -0.138. The van der Waals surface area contributed by atoms with Gasteiger partial charge in [-0.05, 0) is 18.9 Å². The van der Waals surface area contributed by atoms with Crippen molar-refractivity contribution in [3.63, 3.8) is 0 Å². The molecule has 1 aromatic carbocycles. The standard InChI is InChI=1S/C17H22N2O4/c1-3-4-10-14(21)17(23)18-11-15(22)19-16(12(2)20)13-8-6-5-7-9-13/h5-9,16H,3-4,10-11H2,1-2H3,(H,18,23)(H,19,22). The van der Waals surface area contributed by atoms with Crippen LogP contribution in [0.15, 0.2) is 30.3 Å². The molecule has 2 N–H and O–H groups in total. The van der Waals surface area contributed by atoms with Crippen molar-refractivity contribution in [2.75, 3.05) is 6.54 Å². The Kier molecular flexibility index (Phi) is 7.66. The van der Waals surface area contributed by atoms with Crippen molar-refractivity contribution in [1.29, 1.82) is 0 Å². The smallest absolute Gasteiger partial charge is 0.287 e. The lowest BCUT2D eigenvalue weighted by Crippen LogP contribution is -2.42. The van der Waals surface area contributed by atoms with Gasteiger partial charge in [0.25, 0.3) is 5.91 Å². The second kappa shape index (κ2) is 9.50. The van der Waals surface area contributed by atoms with Crippen LogP contribution >= 0.6 is 0 Å². The molecular weight excluding hydrogens is 296 g/mol. The summed E-state index contributed by atoms with van der Waals surface area (Å²) >= 11 is 0. The van der Waals surface area contributed by atoms with Crippen LogP contribution in [0.3, 0.4) is 0 Å². The van der Waals surface area contributed by atoms with Gasteiger partial charge in [-0.25, -0.2) is 0 Å². The maximum absolute atomic E-state index is 11.9. The highest BCUT2D eigenvalue weighted by molar-refractivity contribution is 6.36. The summed E-state index contributed by atoms with van der Waals surface area (Å²) in [5, 5.41) is 4.83. The minimum atomic E-state index is -0.771. The zero-order valence-corrected chi connectivity index (χ0v) is 13.4. The fraction of sp³-hybridized carbons (Fsp3) is 0.412. The van der Waals surface area contributed by atoms with Crippen LogP contribution in [0.4, 0.5) is 0 Å². The van der Waals surface area contributed by atoms with Gasteiger partial charge in [0.05, 0.1) is 6.54 Å². The highest BCUT2D eigenvalue weighted by Crippen LogP contribution is 2.13. The number of ketones is 2. The van der Waals surface area contributed by atoms with Crippen molar-refractivity contribution < 1.29 is 19.2 Å². The number of hydrogen-bond donors (Lipinski definition) is 2. The molecule has 1 rings (SSSR count). The summed E-state index contributed by atoms with van der Waals surface area (Å²) in [6.07, 6.45) is 1.62. The van der Waals surface area contributed by atoms with Crippen molar-refractivity contribution in [3.8, 4) is 0 Å². The average Bonchev–Trinajstić information content (AvgIpc) is 2.55. The molecule has 23 heavy (non-hydrogen) atoms. The molecule has 0 saturated heterocycles. The Morgan fingerprint density at radius 1 is 1.09 bits per heavy atom. The third-order valence-electron chi connectivity index (χ3n) is 3.26. The average molecular weight is 318 g/mol. The molecule has 0 aliphatic heterocycles. The van der Waals surface area contributed by atoms with Gasteiger partial charge < -0.3 is 10.6 Å². The van der Waals surface area contributed by atoms with E-state index in [9.17, 15) is 19.2 Å². The van der Waals surface area contributed by atoms with E-state index >= 15 is 0 Å². The number of hydrogen-bond acceptors (Lipinski definition) is 4. The predicted molar refractivity (Wildman–Crippen MR) is 85.5 cm³/mol. The molecule has 0 bridgehead atoms. The van der Waals surface area contributed by atoms with E-state index in [-0.39, 0.29) is 18.7 Å². The quantitative estimate of drug-likeness (QED) is 0.671. The molecular formula is C17H22N2O4. The summed E-state index contributed by atoms with van der Waals surface area (Å²) in [7, 11) is 0. The van der Waals surface area contributed by atoms with E-state index < -0.39 is 23.6 Å². The fourth-order valence-corrected chi connectivity index (χ4v) is 1.99. The van der Waals surface area contributed by atoms with Crippen molar-refractivity contribution in [1.82, 2.24) is 10.6 Å². The summed E-state index contributed by atoms with van der Waals surface area (Å²) in [6, 6.07) is 8.05. The zero-order valence-electron chi connectivity index (χ0n) is 13.4. The molecule has 0 saturated carbocycles. The Morgan fingerprint density at radius 2 is 1.74 bits per heavy atom. The Hall–Kier alpha value is -2.50. The molecule has 6 heteroatoms. The van der Waals surface area contributed by atoms with E-state index in [2.05, 4.69) is 10.6 Å². The van der Waals surface area contributed by atoms with Crippen LogP contribution in [0, 0.1) is 0 Å². The molecule has 0 aromatic heterocycles. The van der Waals surface area contributed by atoms with E-state index in [0.717, 1.165) is 6.42 Å². The van der Waals surface area contributed by atoms with E-state index in [1.165, 1.54) is 6.92 Å². The maximum Gasteiger partial charge on any atom is 0.287 e. The molecule has 0 spiro atoms. The second-order valence-corrected chi connectivity index (χ2v) is 5.23. The number of nitrogens with one attached hydrogen (secondary N) is 2. The Bertz CT molecular complexity index is 569. The van der Waals surface area contributed by atoms with Gasteiger partial charge in [-0.3, -0.25) is 19.2 Å². The van der Waals surface area contributed by atoms with Gasteiger partial charge in [0, 0.05) is 6.42 Å². The third-order valence-corrected chi connectivity index (χ3v) is 3.26. The van der Waals surface area contributed by atoms with Crippen LogP contribution in [-0.4, -0.2) is 29.9 Å². The van der Waals surface area contributed by atoms with Crippen molar-refractivity contribution >= 4 is 23.4 Å². The summed E-state index contributed by atoms with van der Waals surface area (Å²) in [6.45, 7) is 2.96. The van der Waals surface area contributed by atoms with Gasteiger partial charge in [0.1, 0.15) is 6.04 Å². The predicted octanol–water partition coefficient (Wildman–Crippen LogP) is 1.31. The SMILES string of the molecule is CCCCC(=O)C(=O)NCC(=O)NC(C(C)=O)c1ccccc1. The minimum Gasteiger partial charge on any atom is -0.341 e. The van der Waals surface area contributed by atoms with Crippen LogP contribution in [0.2, 0.25) is 0 Å². The number of unbranched alkanes of at least 4 members (excludes halogenated alkanes) is 1. The van der Waals surface area contributed by atoms with Gasteiger partial charge in [-0.2, -0.15) is 0 Å². The number of amides is 2. The number of rotatable bonds is 9. The number of benzene rings is 1. The second-order valence-electron chi connectivity index (χ2n) is 5.23. The molecule has 1 unspecified atom stereocenters. The maximum atomic E-state index is 11.9. The number of carbonyl (C=O) groups is 4. The van der Waals surface area contributed by atoms with Gasteiger partial charge in [-0.15, -0.1) is 0 Å². The van der Waals surface area contributed by atoms with E-state index in [1.54, 1.807) is 24.3 Å². The number of Topliss-reactive ketones (excluding diaryl/α,β-unsaturated/α-hetero) is 2. The molecule has 2 amide bonds. The zero-order chi connectivity index (χ0) is 17.2.